The molecule has 0 saturated heterocycles. The molecular formula is C23H18BrN3O6. The van der Waals surface area contributed by atoms with Crippen molar-refractivity contribution in [1.29, 1.82) is 0 Å². The molecule has 0 spiro atoms. The summed E-state index contributed by atoms with van der Waals surface area (Å²) < 4.78 is 11.6. The van der Waals surface area contributed by atoms with Gasteiger partial charge in [-0.15, -0.1) is 0 Å². The SMILES string of the molecule is Cc1ccc(OCC(=O)NN=Cc2ccccc2OC(=O)c2ccc([N+](=O)[O-])cc2)c(Br)c1. The number of hydrogen-bond donors (Lipinski definition) is 1. The van der Waals surface area contributed by atoms with Crippen LogP contribution in [-0.4, -0.2) is 29.6 Å². The molecule has 0 radical (unpaired) electrons. The van der Waals surface area contributed by atoms with Crippen LogP contribution in [0.4, 0.5) is 5.69 Å². The summed E-state index contributed by atoms with van der Waals surface area (Å²) in [5, 5.41) is 14.6. The van der Waals surface area contributed by atoms with Gasteiger partial charge in [-0.2, -0.15) is 5.10 Å². The van der Waals surface area contributed by atoms with Crippen molar-refractivity contribution < 1.29 is 24.0 Å². The van der Waals surface area contributed by atoms with Crippen molar-refractivity contribution in [2.75, 3.05) is 6.61 Å². The number of amides is 1. The smallest absolute Gasteiger partial charge is 0.343 e. The maximum absolute atomic E-state index is 12.4. The fourth-order valence-corrected chi connectivity index (χ4v) is 3.24. The molecule has 0 aliphatic carbocycles. The molecule has 3 rings (SSSR count). The minimum atomic E-state index is -0.688. The van der Waals surface area contributed by atoms with Crippen LogP contribution in [0.1, 0.15) is 21.5 Å². The van der Waals surface area contributed by atoms with Gasteiger partial charge < -0.3 is 9.47 Å². The van der Waals surface area contributed by atoms with E-state index in [2.05, 4.69) is 26.5 Å². The molecule has 3 aromatic carbocycles. The number of aryl methyl sites for hydroxylation is 1. The second kappa shape index (κ2) is 11.0. The van der Waals surface area contributed by atoms with E-state index in [0.29, 0.717) is 11.3 Å². The van der Waals surface area contributed by atoms with Gasteiger partial charge in [0.2, 0.25) is 0 Å². The minimum Gasteiger partial charge on any atom is -0.483 e. The number of hydrazone groups is 1. The summed E-state index contributed by atoms with van der Waals surface area (Å²) in [7, 11) is 0. The molecule has 0 saturated carbocycles. The number of halogens is 1. The molecule has 0 bridgehead atoms. The average Bonchev–Trinajstić information content (AvgIpc) is 2.79. The standard InChI is InChI=1S/C23H18BrN3O6/c1-15-6-11-21(19(24)12-15)32-14-22(28)26-25-13-17-4-2-3-5-20(17)33-23(29)16-7-9-18(10-8-16)27(30)31/h2-13H,14H2,1H3,(H,26,28). The third-order valence-electron chi connectivity index (χ3n) is 4.27. The molecule has 0 atom stereocenters. The van der Waals surface area contributed by atoms with Crippen LogP contribution in [0.25, 0.3) is 0 Å². The highest BCUT2D eigenvalue weighted by Gasteiger charge is 2.13. The minimum absolute atomic E-state index is 0.131. The summed E-state index contributed by atoms with van der Waals surface area (Å²) in [5.74, 6) is -0.423. The number of nitrogens with zero attached hydrogens (tertiary/aromatic N) is 2. The molecule has 9 nitrogen and oxygen atoms in total. The number of rotatable bonds is 8. The first-order valence-corrected chi connectivity index (χ1v) is 10.4. The summed E-state index contributed by atoms with van der Waals surface area (Å²) in [5.41, 5.74) is 3.86. The number of nitro groups is 1. The largest absolute Gasteiger partial charge is 0.483 e. The van der Waals surface area contributed by atoms with Crippen LogP contribution in [0, 0.1) is 17.0 Å². The Morgan fingerprint density at radius 3 is 2.52 bits per heavy atom. The average molecular weight is 512 g/mol. The molecule has 0 unspecified atom stereocenters. The van der Waals surface area contributed by atoms with E-state index in [1.54, 1.807) is 30.3 Å². The Bertz CT molecular complexity index is 1210. The number of para-hydroxylation sites is 1. The first kappa shape index (κ1) is 23.6. The molecule has 0 aliphatic rings. The second-order valence-electron chi connectivity index (χ2n) is 6.75. The Kier molecular flexibility index (Phi) is 7.87. The molecule has 0 aliphatic heterocycles. The van der Waals surface area contributed by atoms with E-state index in [4.69, 9.17) is 9.47 Å². The zero-order valence-electron chi connectivity index (χ0n) is 17.4. The zero-order valence-corrected chi connectivity index (χ0v) is 18.9. The fraction of sp³-hybridized carbons (Fsp3) is 0.0870. The van der Waals surface area contributed by atoms with Crippen LogP contribution in [-0.2, 0) is 4.79 Å². The number of hydrogen-bond acceptors (Lipinski definition) is 7. The molecule has 0 aromatic heterocycles. The van der Waals surface area contributed by atoms with Crippen molar-refractivity contribution in [2.24, 2.45) is 5.10 Å². The van der Waals surface area contributed by atoms with Crippen LogP contribution in [0.3, 0.4) is 0 Å². The van der Waals surface area contributed by atoms with E-state index in [1.807, 2.05) is 19.1 Å². The van der Waals surface area contributed by atoms with Crippen molar-refractivity contribution >= 4 is 39.7 Å². The first-order chi connectivity index (χ1) is 15.8. The Morgan fingerprint density at radius 2 is 1.82 bits per heavy atom. The molecule has 1 amide bonds. The predicted molar refractivity (Wildman–Crippen MR) is 125 cm³/mol. The summed E-state index contributed by atoms with van der Waals surface area (Å²) in [4.78, 5) is 34.6. The molecular weight excluding hydrogens is 494 g/mol. The van der Waals surface area contributed by atoms with Gasteiger partial charge in [-0.05, 0) is 64.8 Å². The topological polar surface area (TPSA) is 120 Å². The van der Waals surface area contributed by atoms with E-state index in [0.717, 1.165) is 10.0 Å². The number of esters is 1. The Balaban J connectivity index is 1.58. The molecule has 0 heterocycles. The van der Waals surface area contributed by atoms with Crippen molar-refractivity contribution in [3.8, 4) is 11.5 Å². The third kappa shape index (κ3) is 6.71. The normalized spacial score (nSPS) is 10.6. The Hall–Kier alpha value is -4.05. The molecule has 10 heteroatoms. The van der Waals surface area contributed by atoms with Crippen LogP contribution < -0.4 is 14.9 Å². The van der Waals surface area contributed by atoms with Gasteiger partial charge in [-0.3, -0.25) is 14.9 Å². The summed E-state index contributed by atoms with van der Waals surface area (Å²) in [6.45, 7) is 1.70. The Labute approximate surface area is 197 Å². The van der Waals surface area contributed by atoms with Gasteiger partial charge in [0.05, 0.1) is 21.2 Å². The van der Waals surface area contributed by atoms with E-state index >= 15 is 0 Å². The molecule has 168 valence electrons. The van der Waals surface area contributed by atoms with Gasteiger partial charge in [0.1, 0.15) is 11.5 Å². The van der Waals surface area contributed by atoms with Gasteiger partial charge in [0.25, 0.3) is 11.6 Å². The van der Waals surface area contributed by atoms with Crippen molar-refractivity contribution in [1.82, 2.24) is 5.43 Å². The number of nitrogens with one attached hydrogen (secondary N) is 1. The van der Waals surface area contributed by atoms with Gasteiger partial charge in [0, 0.05) is 17.7 Å². The lowest BCUT2D eigenvalue weighted by Crippen LogP contribution is -2.24. The molecule has 0 fully saturated rings. The Morgan fingerprint density at radius 1 is 1.09 bits per heavy atom. The van der Waals surface area contributed by atoms with Gasteiger partial charge >= 0.3 is 5.97 Å². The van der Waals surface area contributed by atoms with Crippen LogP contribution in [0.15, 0.2) is 76.3 Å². The number of carbonyl (C=O) groups excluding carboxylic acids is 2. The molecule has 1 N–H and O–H groups in total. The van der Waals surface area contributed by atoms with Gasteiger partial charge in [-0.1, -0.05) is 18.2 Å². The van der Waals surface area contributed by atoms with E-state index < -0.39 is 16.8 Å². The van der Waals surface area contributed by atoms with E-state index in [9.17, 15) is 19.7 Å². The van der Waals surface area contributed by atoms with E-state index in [1.165, 1.54) is 30.5 Å². The zero-order chi connectivity index (χ0) is 23.8. The van der Waals surface area contributed by atoms with Crippen LogP contribution in [0.2, 0.25) is 0 Å². The summed E-state index contributed by atoms with van der Waals surface area (Å²) in [6.07, 6.45) is 1.33. The molecule has 33 heavy (non-hydrogen) atoms. The number of ether oxygens (including phenoxy) is 2. The van der Waals surface area contributed by atoms with E-state index in [-0.39, 0.29) is 23.6 Å². The highest BCUT2D eigenvalue weighted by atomic mass is 79.9. The fourth-order valence-electron chi connectivity index (χ4n) is 2.63. The quantitative estimate of drug-likeness (QED) is 0.157. The summed E-state index contributed by atoms with van der Waals surface area (Å²) in [6, 6.07) is 17.1. The van der Waals surface area contributed by atoms with Crippen molar-refractivity contribution in [2.45, 2.75) is 6.92 Å². The lowest BCUT2D eigenvalue weighted by Gasteiger charge is -2.08. The monoisotopic (exact) mass is 511 g/mol. The van der Waals surface area contributed by atoms with Gasteiger partial charge in [-0.25, -0.2) is 10.2 Å². The number of non-ortho nitro benzene ring substituents is 1. The lowest BCUT2D eigenvalue weighted by atomic mass is 10.2. The van der Waals surface area contributed by atoms with Crippen molar-refractivity contribution in [3.63, 3.8) is 0 Å². The first-order valence-electron chi connectivity index (χ1n) is 9.60. The van der Waals surface area contributed by atoms with Crippen LogP contribution >= 0.6 is 15.9 Å². The highest BCUT2D eigenvalue weighted by Crippen LogP contribution is 2.25. The number of nitro benzene ring substituents is 1. The highest BCUT2D eigenvalue weighted by molar-refractivity contribution is 9.10. The number of benzene rings is 3. The van der Waals surface area contributed by atoms with Gasteiger partial charge in [0.15, 0.2) is 6.61 Å². The lowest BCUT2D eigenvalue weighted by molar-refractivity contribution is -0.384. The summed E-state index contributed by atoms with van der Waals surface area (Å²) >= 11 is 3.38. The van der Waals surface area contributed by atoms with Crippen LogP contribution in [0.5, 0.6) is 11.5 Å². The predicted octanol–water partition coefficient (Wildman–Crippen LogP) is 4.41. The maximum Gasteiger partial charge on any atom is 0.343 e. The second-order valence-corrected chi connectivity index (χ2v) is 7.60. The maximum atomic E-state index is 12.4. The number of carbonyl (C=O) groups is 2. The van der Waals surface area contributed by atoms with Crippen molar-refractivity contribution in [3.05, 3.63) is 98.0 Å². The third-order valence-corrected chi connectivity index (χ3v) is 4.89. The molecule has 3 aromatic rings.